The lowest BCUT2D eigenvalue weighted by molar-refractivity contribution is -0.274. The molecular formula is C21H20ClF3N6O2. The normalized spacial score (nSPS) is 16.5. The molecule has 0 bridgehead atoms. The van der Waals surface area contributed by atoms with Crippen molar-refractivity contribution in [3.05, 3.63) is 59.1 Å². The molecule has 8 nitrogen and oxygen atoms in total. The number of guanidine groups is 1. The van der Waals surface area contributed by atoms with Crippen LogP contribution in [0.2, 0.25) is 5.02 Å². The van der Waals surface area contributed by atoms with Crippen molar-refractivity contribution in [1.82, 2.24) is 15.2 Å². The maximum absolute atomic E-state index is 12.4. The second-order valence-corrected chi connectivity index (χ2v) is 7.44. The molecule has 1 heterocycles. The number of aliphatic hydroxyl groups excluding tert-OH is 1. The molecule has 0 fully saturated rings. The van der Waals surface area contributed by atoms with Gasteiger partial charge in [0.1, 0.15) is 5.75 Å². The van der Waals surface area contributed by atoms with Crippen LogP contribution in [-0.4, -0.2) is 65.8 Å². The number of likely N-dealkylation sites (N-methyl/N-ethyl adjacent to an activating group) is 1. The number of hydrogen-bond acceptors (Lipinski definition) is 6. The lowest BCUT2D eigenvalue weighted by Crippen LogP contribution is -2.44. The first-order valence-electron chi connectivity index (χ1n) is 9.73. The monoisotopic (exact) mass is 480 g/mol. The van der Waals surface area contributed by atoms with E-state index in [4.69, 9.17) is 11.6 Å². The highest BCUT2D eigenvalue weighted by Crippen LogP contribution is 2.26. The van der Waals surface area contributed by atoms with Crippen LogP contribution in [0.25, 0.3) is 0 Å². The topological polar surface area (TPSA) is 96.5 Å². The summed E-state index contributed by atoms with van der Waals surface area (Å²) >= 11 is 5.99. The summed E-state index contributed by atoms with van der Waals surface area (Å²) in [5, 5.41) is 27.7. The van der Waals surface area contributed by atoms with Crippen LogP contribution in [0, 0.1) is 11.5 Å². The molecule has 1 aliphatic rings. The molecule has 2 N–H and O–H groups in total. The van der Waals surface area contributed by atoms with Crippen molar-refractivity contribution in [2.24, 2.45) is 10.1 Å². The zero-order chi connectivity index (χ0) is 24.0. The molecule has 1 atom stereocenters. The molecule has 2 aromatic rings. The van der Waals surface area contributed by atoms with E-state index in [0.29, 0.717) is 23.8 Å². The van der Waals surface area contributed by atoms with Gasteiger partial charge in [-0.15, -0.1) is 13.2 Å². The Morgan fingerprint density at radius 1 is 1.30 bits per heavy atom. The molecule has 0 amide bonds. The molecule has 0 radical (unpaired) electrons. The first-order valence-corrected chi connectivity index (χ1v) is 10.1. The third-order valence-corrected chi connectivity index (χ3v) is 4.98. The summed E-state index contributed by atoms with van der Waals surface area (Å²) in [6.45, 7) is 0.659. The molecule has 33 heavy (non-hydrogen) atoms. The number of alkyl halides is 3. The third kappa shape index (κ3) is 6.58. The van der Waals surface area contributed by atoms with Gasteiger partial charge in [0.15, 0.2) is 6.19 Å². The van der Waals surface area contributed by atoms with Crippen LogP contribution < -0.4 is 10.1 Å². The van der Waals surface area contributed by atoms with Crippen LogP contribution in [-0.2, 0) is 0 Å². The van der Waals surface area contributed by atoms with E-state index in [2.05, 4.69) is 20.1 Å². The van der Waals surface area contributed by atoms with Crippen molar-refractivity contribution in [3.8, 4) is 11.9 Å². The van der Waals surface area contributed by atoms with Gasteiger partial charge >= 0.3 is 6.36 Å². The van der Waals surface area contributed by atoms with Gasteiger partial charge in [-0.2, -0.15) is 10.4 Å². The predicted octanol–water partition coefficient (Wildman–Crippen LogP) is 3.31. The van der Waals surface area contributed by atoms with E-state index < -0.39 is 6.36 Å². The Morgan fingerprint density at radius 2 is 1.97 bits per heavy atom. The number of aliphatic hydroxyl groups is 1. The van der Waals surface area contributed by atoms with E-state index in [1.807, 2.05) is 24.1 Å². The highest BCUT2D eigenvalue weighted by molar-refractivity contribution is 6.30. The van der Waals surface area contributed by atoms with Crippen LogP contribution >= 0.6 is 11.6 Å². The number of ether oxygens (including phenoxy) is 1. The van der Waals surface area contributed by atoms with Crippen molar-refractivity contribution in [2.75, 3.05) is 26.7 Å². The second-order valence-electron chi connectivity index (χ2n) is 7.01. The largest absolute Gasteiger partial charge is 0.573 e. The Kier molecular flexibility index (Phi) is 7.75. The Balaban J connectivity index is 1.91. The SMILES string of the molecule is CN(CCO)C1CN(C(=Nc2ccc(OC(F)(F)F)cc2)NC#N)N=C1c1ccc(Cl)cc1. The summed E-state index contributed by atoms with van der Waals surface area (Å²) in [6, 6.07) is 11.8. The highest BCUT2D eigenvalue weighted by Gasteiger charge is 2.33. The molecule has 1 aliphatic heterocycles. The number of nitriles is 1. The number of nitrogens with zero attached hydrogens (tertiary/aromatic N) is 5. The molecule has 0 aromatic heterocycles. The van der Waals surface area contributed by atoms with Gasteiger partial charge in [-0.1, -0.05) is 23.7 Å². The van der Waals surface area contributed by atoms with Crippen LogP contribution in [0.15, 0.2) is 58.6 Å². The number of hydrazone groups is 1. The van der Waals surface area contributed by atoms with Gasteiger partial charge in [0, 0.05) is 11.6 Å². The average molecular weight is 481 g/mol. The minimum atomic E-state index is -4.80. The Labute approximate surface area is 193 Å². The van der Waals surface area contributed by atoms with Crippen molar-refractivity contribution in [3.63, 3.8) is 0 Å². The van der Waals surface area contributed by atoms with Crippen molar-refractivity contribution < 1.29 is 23.0 Å². The summed E-state index contributed by atoms with van der Waals surface area (Å²) in [4.78, 5) is 6.24. The smallest absolute Gasteiger partial charge is 0.406 e. The Hall–Kier alpha value is -3.33. The van der Waals surface area contributed by atoms with Gasteiger partial charge in [-0.25, -0.2) is 10.0 Å². The Morgan fingerprint density at radius 3 is 2.55 bits per heavy atom. The summed E-state index contributed by atoms with van der Waals surface area (Å²) in [7, 11) is 1.84. The zero-order valence-corrected chi connectivity index (χ0v) is 18.2. The molecule has 1 unspecified atom stereocenters. The number of halogens is 4. The van der Waals surface area contributed by atoms with E-state index >= 15 is 0 Å². The summed E-state index contributed by atoms with van der Waals surface area (Å²) in [5.74, 6) is -0.292. The molecule has 174 valence electrons. The van der Waals surface area contributed by atoms with E-state index in [1.54, 1.807) is 18.3 Å². The van der Waals surface area contributed by atoms with Gasteiger partial charge in [-0.05, 0) is 49.0 Å². The van der Waals surface area contributed by atoms with Gasteiger partial charge < -0.3 is 9.84 Å². The number of nitrogens with one attached hydrogen (secondary N) is 1. The van der Waals surface area contributed by atoms with Crippen LogP contribution in [0.3, 0.4) is 0 Å². The van der Waals surface area contributed by atoms with Crippen LogP contribution in [0.1, 0.15) is 5.56 Å². The molecule has 0 spiro atoms. The molecule has 12 heteroatoms. The number of hydrogen-bond donors (Lipinski definition) is 2. The van der Waals surface area contributed by atoms with Gasteiger partial charge in [0.2, 0.25) is 5.96 Å². The fourth-order valence-corrected chi connectivity index (χ4v) is 3.32. The Bertz CT molecular complexity index is 1050. The third-order valence-electron chi connectivity index (χ3n) is 4.73. The standard InChI is InChI=1S/C21H20ClF3N6O2/c1-30(10-11-32)18-12-31(29-19(18)14-2-4-15(22)5-3-14)20(27-13-26)28-16-6-8-17(9-7-16)33-21(23,24)25/h2-9,18,32H,10-12H2,1H3,(H,27,28). The molecule has 3 rings (SSSR count). The molecular weight excluding hydrogens is 461 g/mol. The summed E-state index contributed by atoms with van der Waals surface area (Å²) in [5.41, 5.74) is 1.78. The van der Waals surface area contributed by atoms with E-state index in [1.165, 1.54) is 17.1 Å². The van der Waals surface area contributed by atoms with Gasteiger partial charge in [0.25, 0.3) is 0 Å². The number of rotatable bonds is 6. The minimum Gasteiger partial charge on any atom is -0.406 e. The van der Waals surface area contributed by atoms with Crippen LogP contribution in [0.5, 0.6) is 5.75 Å². The summed E-state index contributed by atoms with van der Waals surface area (Å²) < 4.78 is 41.0. The lowest BCUT2D eigenvalue weighted by Gasteiger charge is -2.25. The minimum absolute atomic E-state index is 0.0510. The van der Waals surface area contributed by atoms with E-state index in [9.17, 15) is 23.5 Å². The molecule has 0 saturated carbocycles. The van der Waals surface area contributed by atoms with Gasteiger partial charge in [0.05, 0.1) is 30.6 Å². The molecule has 0 saturated heterocycles. The highest BCUT2D eigenvalue weighted by atomic mass is 35.5. The van der Waals surface area contributed by atoms with Crippen molar-refractivity contribution in [2.45, 2.75) is 12.4 Å². The predicted molar refractivity (Wildman–Crippen MR) is 117 cm³/mol. The fourth-order valence-electron chi connectivity index (χ4n) is 3.20. The average Bonchev–Trinajstić information content (AvgIpc) is 3.20. The maximum Gasteiger partial charge on any atom is 0.573 e. The quantitative estimate of drug-likeness (QED) is 0.285. The zero-order valence-electron chi connectivity index (χ0n) is 17.4. The lowest BCUT2D eigenvalue weighted by atomic mass is 10.0. The number of benzene rings is 2. The van der Waals surface area contributed by atoms with E-state index in [0.717, 1.165) is 17.7 Å². The number of aliphatic imine (C=N–C) groups is 1. The maximum atomic E-state index is 12.4. The fraction of sp³-hybridized carbons (Fsp3) is 0.286. The summed E-state index contributed by atoms with van der Waals surface area (Å²) in [6.07, 6.45) is -2.99. The van der Waals surface area contributed by atoms with Crippen molar-refractivity contribution >= 4 is 29.0 Å². The second kappa shape index (κ2) is 10.5. The first-order chi connectivity index (χ1) is 15.7. The van der Waals surface area contributed by atoms with Crippen molar-refractivity contribution in [1.29, 1.82) is 5.26 Å². The molecule has 2 aromatic carbocycles. The van der Waals surface area contributed by atoms with E-state index in [-0.39, 0.29) is 30.0 Å². The van der Waals surface area contributed by atoms with Gasteiger partial charge in [-0.3, -0.25) is 10.2 Å². The first kappa shape index (κ1) is 24.3. The van der Waals surface area contributed by atoms with Crippen LogP contribution in [0.4, 0.5) is 18.9 Å². The molecule has 0 aliphatic carbocycles.